The number of rotatable bonds is 7. The number of anilines is 1. The zero-order chi connectivity index (χ0) is 20.1. The third-order valence-corrected chi connectivity index (χ3v) is 5.33. The molecule has 0 spiro atoms. The van der Waals surface area contributed by atoms with Gasteiger partial charge in [-0.15, -0.1) is 0 Å². The Bertz CT molecular complexity index is 870. The number of nitrogens with zero attached hydrogens (tertiary/aromatic N) is 2. The number of aromatic nitrogens is 2. The first-order chi connectivity index (χ1) is 13.6. The van der Waals surface area contributed by atoms with Crippen molar-refractivity contribution in [3.63, 3.8) is 0 Å². The molecule has 28 heavy (non-hydrogen) atoms. The van der Waals surface area contributed by atoms with Crippen LogP contribution >= 0.6 is 0 Å². The van der Waals surface area contributed by atoms with Crippen LogP contribution in [0.25, 0.3) is 0 Å². The van der Waals surface area contributed by atoms with E-state index in [9.17, 15) is 9.59 Å². The van der Waals surface area contributed by atoms with Crippen LogP contribution in [-0.2, 0) is 19.4 Å². The Morgan fingerprint density at radius 1 is 1.18 bits per heavy atom. The largest absolute Gasteiger partial charge is 0.349 e. The van der Waals surface area contributed by atoms with Crippen molar-refractivity contribution < 1.29 is 9.59 Å². The first-order valence-corrected chi connectivity index (χ1v) is 10.3. The highest BCUT2D eigenvalue weighted by molar-refractivity contribution is 6.05. The topological polar surface area (TPSA) is 76.0 Å². The van der Waals surface area contributed by atoms with Crippen molar-refractivity contribution in [3.8, 4) is 0 Å². The molecule has 0 fully saturated rings. The van der Waals surface area contributed by atoms with Crippen LogP contribution < -0.4 is 10.6 Å². The summed E-state index contributed by atoms with van der Waals surface area (Å²) in [4.78, 5) is 30.2. The number of aryl methyl sites for hydroxylation is 2. The molecule has 1 aliphatic rings. The van der Waals surface area contributed by atoms with Gasteiger partial charge in [0, 0.05) is 18.8 Å². The average Bonchev–Trinajstić information content (AvgIpc) is 3.09. The van der Waals surface area contributed by atoms with Gasteiger partial charge in [-0.25, -0.2) is 4.98 Å². The summed E-state index contributed by atoms with van der Waals surface area (Å²) < 4.78 is 1.93. The molecule has 2 N–H and O–H groups in total. The van der Waals surface area contributed by atoms with Gasteiger partial charge < -0.3 is 15.2 Å². The fourth-order valence-corrected chi connectivity index (χ4v) is 3.73. The van der Waals surface area contributed by atoms with Crippen LogP contribution in [0.3, 0.4) is 0 Å². The summed E-state index contributed by atoms with van der Waals surface area (Å²) in [7, 11) is 0. The lowest BCUT2D eigenvalue weighted by Gasteiger charge is -2.17. The zero-order valence-corrected chi connectivity index (χ0v) is 17.1. The molecule has 1 aromatic carbocycles. The number of imidazole rings is 1. The third-order valence-electron chi connectivity index (χ3n) is 5.33. The van der Waals surface area contributed by atoms with Crippen LogP contribution in [0.2, 0.25) is 0 Å². The molecule has 2 aromatic rings. The summed E-state index contributed by atoms with van der Waals surface area (Å²) in [5.41, 5.74) is 4.22. The van der Waals surface area contributed by atoms with Crippen LogP contribution in [0.5, 0.6) is 0 Å². The number of unbranched alkanes of at least 4 members (excludes halogenated alkanes) is 1. The number of hydrogen-bond donors (Lipinski definition) is 2. The van der Waals surface area contributed by atoms with Crippen molar-refractivity contribution in [2.24, 2.45) is 0 Å². The number of carbonyl (C=O) groups excluding carboxylic acids is 2. The maximum atomic E-state index is 13.1. The number of fused-ring (bicyclic) bond motifs is 1. The first kappa shape index (κ1) is 20.1. The number of nitrogens with one attached hydrogen (secondary N) is 2. The van der Waals surface area contributed by atoms with E-state index in [4.69, 9.17) is 0 Å². The highest BCUT2D eigenvalue weighted by Gasteiger charge is 2.27. The fraction of sp³-hybridized carbons (Fsp3) is 0.500. The van der Waals surface area contributed by atoms with E-state index in [1.807, 2.05) is 29.7 Å². The van der Waals surface area contributed by atoms with Gasteiger partial charge in [0.1, 0.15) is 0 Å². The minimum Gasteiger partial charge on any atom is -0.349 e. The van der Waals surface area contributed by atoms with Gasteiger partial charge in [0.25, 0.3) is 11.8 Å². The van der Waals surface area contributed by atoms with Gasteiger partial charge in [-0.1, -0.05) is 38.5 Å². The number of benzene rings is 1. The molecule has 150 valence electrons. The van der Waals surface area contributed by atoms with Crippen molar-refractivity contribution in [1.29, 1.82) is 0 Å². The van der Waals surface area contributed by atoms with Crippen molar-refractivity contribution in [1.82, 2.24) is 14.9 Å². The summed E-state index contributed by atoms with van der Waals surface area (Å²) in [6, 6.07) is 6.02. The molecule has 0 unspecified atom stereocenters. The molecule has 1 aliphatic heterocycles. The van der Waals surface area contributed by atoms with Crippen molar-refractivity contribution >= 4 is 17.5 Å². The van der Waals surface area contributed by atoms with Crippen molar-refractivity contribution in [2.45, 2.75) is 65.8 Å². The molecule has 2 heterocycles. The van der Waals surface area contributed by atoms with Crippen LogP contribution in [-0.4, -0.2) is 27.9 Å². The minimum atomic E-state index is -0.234. The Morgan fingerprint density at radius 2 is 2.00 bits per heavy atom. The number of para-hydroxylation sites is 1. The molecule has 0 saturated heterocycles. The molecule has 6 heteroatoms. The Hall–Kier alpha value is -2.63. The van der Waals surface area contributed by atoms with Gasteiger partial charge in [0.05, 0.1) is 5.69 Å². The SMILES string of the molecule is CCCCNC(=O)c1nc(C(=O)Nc2c(C)cccc2CC)c2n1CCCC2. The van der Waals surface area contributed by atoms with E-state index in [0.29, 0.717) is 18.1 Å². The summed E-state index contributed by atoms with van der Waals surface area (Å²) >= 11 is 0. The summed E-state index contributed by atoms with van der Waals surface area (Å²) in [5.74, 6) is -0.0699. The fourth-order valence-electron chi connectivity index (χ4n) is 3.73. The normalized spacial score (nSPS) is 13.1. The predicted octanol–water partition coefficient (Wildman–Crippen LogP) is 3.87. The number of amides is 2. The average molecular weight is 383 g/mol. The van der Waals surface area contributed by atoms with Crippen LogP contribution in [0, 0.1) is 6.92 Å². The number of carbonyl (C=O) groups is 2. The van der Waals surface area contributed by atoms with Crippen LogP contribution in [0.15, 0.2) is 18.2 Å². The standard InChI is InChI=1S/C22H30N4O2/c1-4-6-13-23-22(28)20-24-19(17-12-7-8-14-26(17)20)21(27)25-18-15(3)10-9-11-16(18)5-2/h9-11H,4-8,12-14H2,1-3H3,(H,23,28)(H,25,27). The van der Waals surface area contributed by atoms with Gasteiger partial charge in [-0.05, 0) is 50.2 Å². The van der Waals surface area contributed by atoms with Crippen molar-refractivity contribution in [3.05, 3.63) is 46.5 Å². The van der Waals surface area contributed by atoms with Crippen LogP contribution in [0.4, 0.5) is 5.69 Å². The third kappa shape index (κ3) is 4.11. The van der Waals surface area contributed by atoms with Gasteiger partial charge in [-0.2, -0.15) is 0 Å². The van der Waals surface area contributed by atoms with E-state index in [1.54, 1.807) is 0 Å². The molecule has 0 radical (unpaired) electrons. The zero-order valence-electron chi connectivity index (χ0n) is 17.1. The van der Waals surface area contributed by atoms with Gasteiger partial charge >= 0.3 is 0 Å². The Morgan fingerprint density at radius 3 is 2.75 bits per heavy atom. The molecule has 0 bridgehead atoms. The minimum absolute atomic E-state index is 0.194. The summed E-state index contributed by atoms with van der Waals surface area (Å²) in [6.45, 7) is 7.51. The van der Waals surface area contributed by atoms with Gasteiger partial charge in [-0.3, -0.25) is 9.59 Å². The maximum absolute atomic E-state index is 13.1. The summed E-state index contributed by atoms with van der Waals surface area (Å²) in [6.07, 6.45) is 5.56. The molecule has 0 saturated carbocycles. The number of hydrogen-bond acceptors (Lipinski definition) is 3. The molecule has 1 aromatic heterocycles. The molecular formula is C22H30N4O2. The molecule has 6 nitrogen and oxygen atoms in total. The van der Waals surface area contributed by atoms with E-state index in [2.05, 4.69) is 29.5 Å². The van der Waals surface area contributed by atoms with E-state index in [0.717, 1.165) is 67.6 Å². The molecule has 0 aliphatic carbocycles. The lowest BCUT2D eigenvalue weighted by atomic mass is 10.0. The van der Waals surface area contributed by atoms with E-state index >= 15 is 0 Å². The van der Waals surface area contributed by atoms with Crippen LogP contribution in [0.1, 0.15) is 77.5 Å². The van der Waals surface area contributed by atoms with Gasteiger partial charge in [0.2, 0.25) is 0 Å². The Kier molecular flexibility index (Phi) is 6.49. The monoisotopic (exact) mass is 382 g/mol. The molecular weight excluding hydrogens is 352 g/mol. The molecule has 0 atom stereocenters. The predicted molar refractivity (Wildman–Crippen MR) is 111 cm³/mol. The molecule has 2 amide bonds. The second-order valence-electron chi connectivity index (χ2n) is 7.37. The maximum Gasteiger partial charge on any atom is 0.287 e. The highest BCUT2D eigenvalue weighted by atomic mass is 16.2. The van der Waals surface area contributed by atoms with Crippen molar-refractivity contribution in [2.75, 3.05) is 11.9 Å². The smallest absolute Gasteiger partial charge is 0.287 e. The first-order valence-electron chi connectivity index (χ1n) is 10.3. The Balaban J connectivity index is 1.90. The van der Waals surface area contributed by atoms with E-state index in [-0.39, 0.29) is 11.8 Å². The van der Waals surface area contributed by atoms with E-state index < -0.39 is 0 Å². The lowest BCUT2D eigenvalue weighted by Crippen LogP contribution is -2.28. The highest BCUT2D eigenvalue weighted by Crippen LogP contribution is 2.25. The van der Waals surface area contributed by atoms with Gasteiger partial charge in [0.15, 0.2) is 11.5 Å². The second-order valence-corrected chi connectivity index (χ2v) is 7.37. The lowest BCUT2D eigenvalue weighted by molar-refractivity contribution is 0.0937. The van der Waals surface area contributed by atoms with E-state index in [1.165, 1.54) is 0 Å². The molecule has 3 rings (SSSR count). The Labute approximate surface area is 166 Å². The summed E-state index contributed by atoms with van der Waals surface area (Å²) in [5, 5.41) is 5.98. The quantitative estimate of drug-likeness (QED) is 0.714. The second kappa shape index (κ2) is 9.04.